The largest absolute Gasteiger partial charge is 0.462 e. The molecule has 0 bridgehead atoms. The molecule has 0 heterocycles. The van der Waals surface area contributed by atoms with E-state index in [1.807, 2.05) is 27.7 Å². The Balaban J connectivity index is 2.55. The number of nitrogens with one attached hydrogen (secondary N) is 1. The Kier molecular flexibility index (Phi) is 6.22. The van der Waals surface area contributed by atoms with Crippen molar-refractivity contribution in [2.45, 2.75) is 34.1 Å². The highest BCUT2D eigenvalue weighted by molar-refractivity contribution is 5.93. The van der Waals surface area contributed by atoms with Crippen LogP contribution in [0.5, 0.6) is 0 Å². The minimum Gasteiger partial charge on any atom is -0.462 e. The molecule has 0 saturated heterocycles. The van der Waals surface area contributed by atoms with Crippen LogP contribution in [0.4, 0.5) is 5.69 Å². The van der Waals surface area contributed by atoms with Crippen LogP contribution in [0.1, 0.15) is 44.5 Å². The van der Waals surface area contributed by atoms with Crippen LogP contribution in [0, 0.1) is 11.8 Å². The van der Waals surface area contributed by atoms with Crippen LogP contribution < -0.4 is 5.32 Å². The summed E-state index contributed by atoms with van der Waals surface area (Å²) in [6, 6.07) is 6.75. The highest BCUT2D eigenvalue weighted by Crippen LogP contribution is 2.12. The maximum absolute atomic E-state index is 11.7. The minimum atomic E-state index is -0.334. The van der Waals surface area contributed by atoms with Crippen molar-refractivity contribution in [1.82, 2.24) is 0 Å². The van der Waals surface area contributed by atoms with E-state index in [1.54, 1.807) is 24.3 Å². The fourth-order valence-electron chi connectivity index (χ4n) is 1.60. The molecule has 0 spiro atoms. The third-order valence-corrected chi connectivity index (χ3v) is 2.55. The molecule has 1 aromatic carbocycles. The molecule has 110 valence electrons. The van der Waals surface area contributed by atoms with E-state index in [0.29, 0.717) is 36.1 Å². The van der Waals surface area contributed by atoms with Crippen molar-refractivity contribution in [3.8, 4) is 0 Å². The predicted octanol–water partition coefficient (Wildman–Crippen LogP) is 3.48. The molecule has 1 rings (SSSR count). The van der Waals surface area contributed by atoms with Crippen molar-refractivity contribution < 1.29 is 14.3 Å². The van der Waals surface area contributed by atoms with Gasteiger partial charge in [0, 0.05) is 12.1 Å². The molecule has 0 saturated carbocycles. The van der Waals surface area contributed by atoms with Gasteiger partial charge in [-0.15, -0.1) is 0 Å². The van der Waals surface area contributed by atoms with Crippen LogP contribution in [0.15, 0.2) is 24.3 Å². The minimum absolute atomic E-state index is 0.0184. The molecule has 0 fully saturated rings. The van der Waals surface area contributed by atoms with E-state index in [2.05, 4.69) is 5.32 Å². The standard InChI is InChI=1S/C16H23NO3/c1-11(2)9-15(18)17-14-7-5-13(6-8-14)16(19)20-10-12(3)4/h5-8,11-12H,9-10H2,1-4H3,(H,17,18). The van der Waals surface area contributed by atoms with E-state index in [-0.39, 0.29) is 11.9 Å². The van der Waals surface area contributed by atoms with Gasteiger partial charge in [0.05, 0.1) is 12.2 Å². The second-order valence-electron chi connectivity index (χ2n) is 5.72. The van der Waals surface area contributed by atoms with Crippen molar-refractivity contribution in [3.05, 3.63) is 29.8 Å². The lowest BCUT2D eigenvalue weighted by molar-refractivity contribution is -0.116. The Labute approximate surface area is 120 Å². The molecular weight excluding hydrogens is 254 g/mol. The Bertz CT molecular complexity index is 449. The molecule has 4 nitrogen and oxygen atoms in total. The SMILES string of the molecule is CC(C)COC(=O)c1ccc(NC(=O)CC(C)C)cc1. The molecule has 0 unspecified atom stereocenters. The first-order chi connectivity index (χ1) is 9.38. The summed E-state index contributed by atoms with van der Waals surface area (Å²) in [6.45, 7) is 8.37. The number of hydrogen-bond donors (Lipinski definition) is 1. The molecule has 0 aromatic heterocycles. The molecule has 20 heavy (non-hydrogen) atoms. The first-order valence-corrected chi connectivity index (χ1v) is 6.95. The molecule has 0 radical (unpaired) electrons. The summed E-state index contributed by atoms with van der Waals surface area (Å²) < 4.78 is 5.14. The normalized spacial score (nSPS) is 10.7. The lowest BCUT2D eigenvalue weighted by Crippen LogP contribution is -2.14. The average molecular weight is 277 g/mol. The number of carbonyl (C=O) groups is 2. The van der Waals surface area contributed by atoms with Crippen molar-refractivity contribution in [1.29, 1.82) is 0 Å². The van der Waals surface area contributed by atoms with E-state index in [1.165, 1.54) is 0 Å². The van der Waals surface area contributed by atoms with Gasteiger partial charge in [0.2, 0.25) is 5.91 Å². The fraction of sp³-hybridized carbons (Fsp3) is 0.500. The van der Waals surface area contributed by atoms with Crippen LogP contribution in [0.2, 0.25) is 0 Å². The van der Waals surface area contributed by atoms with Gasteiger partial charge in [0.25, 0.3) is 0 Å². The molecule has 0 aliphatic carbocycles. The Morgan fingerprint density at radius 3 is 2.15 bits per heavy atom. The number of rotatable bonds is 6. The van der Waals surface area contributed by atoms with Gasteiger partial charge in [-0.2, -0.15) is 0 Å². The van der Waals surface area contributed by atoms with E-state index in [9.17, 15) is 9.59 Å². The number of hydrogen-bond acceptors (Lipinski definition) is 3. The molecule has 1 aromatic rings. The number of amides is 1. The molecule has 0 atom stereocenters. The van der Waals surface area contributed by atoms with Crippen LogP contribution >= 0.6 is 0 Å². The van der Waals surface area contributed by atoms with Gasteiger partial charge in [-0.05, 0) is 36.1 Å². The Hall–Kier alpha value is -1.84. The molecule has 0 aliphatic rings. The quantitative estimate of drug-likeness (QED) is 0.810. The topological polar surface area (TPSA) is 55.4 Å². The molecule has 1 amide bonds. The van der Waals surface area contributed by atoms with E-state index < -0.39 is 0 Å². The van der Waals surface area contributed by atoms with E-state index in [4.69, 9.17) is 4.74 Å². The van der Waals surface area contributed by atoms with Gasteiger partial charge < -0.3 is 10.1 Å². The van der Waals surface area contributed by atoms with Crippen LogP contribution in [-0.4, -0.2) is 18.5 Å². The zero-order valence-corrected chi connectivity index (χ0v) is 12.6. The number of esters is 1. The third-order valence-electron chi connectivity index (χ3n) is 2.55. The highest BCUT2D eigenvalue weighted by atomic mass is 16.5. The smallest absolute Gasteiger partial charge is 0.338 e. The van der Waals surface area contributed by atoms with Crippen LogP contribution in [-0.2, 0) is 9.53 Å². The van der Waals surface area contributed by atoms with Gasteiger partial charge in [-0.1, -0.05) is 27.7 Å². The number of ether oxygens (including phenoxy) is 1. The van der Waals surface area contributed by atoms with Crippen LogP contribution in [0.3, 0.4) is 0 Å². The monoisotopic (exact) mass is 277 g/mol. The maximum Gasteiger partial charge on any atom is 0.338 e. The zero-order chi connectivity index (χ0) is 15.1. The van der Waals surface area contributed by atoms with Gasteiger partial charge in [-0.25, -0.2) is 4.79 Å². The fourth-order valence-corrected chi connectivity index (χ4v) is 1.60. The number of benzene rings is 1. The molecule has 0 aliphatic heterocycles. The summed E-state index contributed by atoms with van der Waals surface area (Å²) in [5.41, 5.74) is 1.18. The van der Waals surface area contributed by atoms with Gasteiger partial charge in [0.15, 0.2) is 0 Å². The summed E-state index contributed by atoms with van der Waals surface area (Å²) in [7, 11) is 0. The van der Waals surface area contributed by atoms with E-state index in [0.717, 1.165) is 0 Å². The second-order valence-corrected chi connectivity index (χ2v) is 5.72. The lowest BCUT2D eigenvalue weighted by atomic mass is 10.1. The summed E-state index contributed by atoms with van der Waals surface area (Å²) in [4.78, 5) is 23.3. The average Bonchev–Trinajstić information content (AvgIpc) is 2.35. The summed E-state index contributed by atoms with van der Waals surface area (Å²) >= 11 is 0. The van der Waals surface area contributed by atoms with E-state index >= 15 is 0 Å². The van der Waals surface area contributed by atoms with Crippen molar-refractivity contribution in [2.24, 2.45) is 11.8 Å². The number of anilines is 1. The zero-order valence-electron chi connectivity index (χ0n) is 12.6. The van der Waals surface area contributed by atoms with Crippen molar-refractivity contribution >= 4 is 17.6 Å². The molecular formula is C16H23NO3. The Morgan fingerprint density at radius 2 is 1.65 bits per heavy atom. The van der Waals surface area contributed by atoms with Crippen LogP contribution in [0.25, 0.3) is 0 Å². The lowest BCUT2D eigenvalue weighted by Gasteiger charge is -2.09. The van der Waals surface area contributed by atoms with Gasteiger partial charge in [-0.3, -0.25) is 4.79 Å². The summed E-state index contributed by atoms with van der Waals surface area (Å²) in [6.07, 6.45) is 0.484. The van der Waals surface area contributed by atoms with Gasteiger partial charge >= 0.3 is 5.97 Å². The predicted molar refractivity (Wildman–Crippen MR) is 79.6 cm³/mol. The maximum atomic E-state index is 11.7. The Morgan fingerprint density at radius 1 is 1.05 bits per heavy atom. The number of carbonyl (C=O) groups excluding carboxylic acids is 2. The van der Waals surface area contributed by atoms with Gasteiger partial charge in [0.1, 0.15) is 0 Å². The summed E-state index contributed by atoms with van der Waals surface area (Å²) in [5, 5.41) is 2.80. The van der Waals surface area contributed by atoms with Crippen molar-refractivity contribution in [2.75, 3.05) is 11.9 Å². The molecule has 4 heteroatoms. The second kappa shape index (κ2) is 7.68. The van der Waals surface area contributed by atoms with Crippen molar-refractivity contribution in [3.63, 3.8) is 0 Å². The first-order valence-electron chi connectivity index (χ1n) is 6.95. The molecule has 1 N–H and O–H groups in total. The first kappa shape index (κ1) is 16.2. The third kappa shape index (κ3) is 5.87. The highest BCUT2D eigenvalue weighted by Gasteiger charge is 2.09. The summed E-state index contributed by atoms with van der Waals surface area (Å²) in [5.74, 6) is 0.280.